The molecule has 0 saturated heterocycles. The molecule has 2 amide bonds. The number of benzene rings is 2. The maximum atomic E-state index is 12.3. The molecule has 4 rings (SSSR count). The van der Waals surface area contributed by atoms with Crippen molar-refractivity contribution in [3.05, 3.63) is 88.1 Å². The minimum Gasteiger partial charge on any atom is -0.497 e. The number of carbonyl (C=O) groups is 2. The highest BCUT2D eigenvalue weighted by molar-refractivity contribution is 7.15. The number of nitrogens with zero attached hydrogens (tertiary/aromatic N) is 4. The van der Waals surface area contributed by atoms with Gasteiger partial charge in [0.1, 0.15) is 10.8 Å². The first-order chi connectivity index (χ1) is 18.5. The predicted octanol–water partition coefficient (Wildman–Crippen LogP) is 4.57. The highest BCUT2D eigenvalue weighted by atomic mass is 32.1. The van der Waals surface area contributed by atoms with Crippen LogP contribution in [0, 0.1) is 6.92 Å². The second kappa shape index (κ2) is 13.4. The van der Waals surface area contributed by atoms with E-state index >= 15 is 0 Å². The molecule has 0 aliphatic heterocycles. The van der Waals surface area contributed by atoms with Gasteiger partial charge in [0.2, 0.25) is 16.9 Å². The van der Waals surface area contributed by atoms with E-state index < -0.39 is 0 Å². The highest BCUT2D eigenvalue weighted by Crippen LogP contribution is 2.18. The molecule has 9 nitrogen and oxygen atoms in total. The van der Waals surface area contributed by atoms with Gasteiger partial charge in [0.05, 0.1) is 25.6 Å². The van der Waals surface area contributed by atoms with E-state index in [4.69, 9.17) is 4.74 Å². The Morgan fingerprint density at radius 2 is 1.55 bits per heavy atom. The van der Waals surface area contributed by atoms with Gasteiger partial charge in [0.15, 0.2) is 5.82 Å². The fraction of sp³-hybridized carbons (Fsp3) is 0.286. The number of methoxy groups -OCH3 is 1. The van der Waals surface area contributed by atoms with Crippen LogP contribution in [-0.2, 0) is 35.3 Å². The van der Waals surface area contributed by atoms with Crippen molar-refractivity contribution in [2.75, 3.05) is 17.7 Å². The molecule has 0 atom stereocenters. The second-order valence-electron chi connectivity index (χ2n) is 8.91. The summed E-state index contributed by atoms with van der Waals surface area (Å²) < 4.78 is 5.19. The van der Waals surface area contributed by atoms with Crippen LogP contribution in [0.2, 0.25) is 0 Å². The molecule has 2 heterocycles. The Balaban J connectivity index is 1.15. The largest absolute Gasteiger partial charge is 0.497 e. The number of hydrogen-bond acceptors (Lipinski definition) is 8. The molecule has 0 unspecified atom stereocenters. The molecule has 0 radical (unpaired) electrons. The van der Waals surface area contributed by atoms with E-state index in [9.17, 15) is 9.59 Å². The predicted molar refractivity (Wildman–Crippen MR) is 147 cm³/mol. The topological polar surface area (TPSA) is 119 Å². The Morgan fingerprint density at radius 1 is 0.816 bits per heavy atom. The molecule has 0 spiro atoms. The number of rotatable bonds is 12. The summed E-state index contributed by atoms with van der Waals surface area (Å²) in [7, 11) is 1.60. The summed E-state index contributed by atoms with van der Waals surface area (Å²) in [6.07, 6.45) is 3.89. The van der Waals surface area contributed by atoms with E-state index in [0.717, 1.165) is 53.1 Å². The lowest BCUT2D eigenvalue weighted by atomic mass is 10.1. The van der Waals surface area contributed by atoms with Gasteiger partial charge in [0.25, 0.3) is 0 Å². The Labute approximate surface area is 225 Å². The summed E-state index contributed by atoms with van der Waals surface area (Å²) in [5.41, 5.74) is 3.82. The first-order valence-corrected chi connectivity index (χ1v) is 13.2. The van der Waals surface area contributed by atoms with E-state index in [2.05, 4.69) is 31.0 Å². The summed E-state index contributed by atoms with van der Waals surface area (Å²) in [5, 5.41) is 23.7. The Kier molecular flexibility index (Phi) is 9.47. The highest BCUT2D eigenvalue weighted by Gasteiger charge is 2.10. The number of hydrogen-bond donors (Lipinski definition) is 2. The zero-order valence-electron chi connectivity index (χ0n) is 21.4. The van der Waals surface area contributed by atoms with Gasteiger partial charge in [-0.25, -0.2) is 0 Å². The SMILES string of the molecule is COc1cccc(CC(=O)Nc2ccc(CCCCc3nnc(NC(=O)Cc4cccc(C)c4)s3)nn2)c1. The normalized spacial score (nSPS) is 10.7. The van der Waals surface area contributed by atoms with Gasteiger partial charge in [-0.1, -0.05) is 53.3 Å². The third-order valence-electron chi connectivity index (χ3n) is 5.72. The van der Waals surface area contributed by atoms with Gasteiger partial charge in [0, 0.05) is 6.42 Å². The maximum Gasteiger partial charge on any atom is 0.230 e. The van der Waals surface area contributed by atoms with E-state index in [0.29, 0.717) is 23.1 Å². The molecule has 0 saturated carbocycles. The Bertz CT molecular complexity index is 1370. The third kappa shape index (κ3) is 8.45. The van der Waals surface area contributed by atoms with E-state index in [-0.39, 0.29) is 18.2 Å². The average molecular weight is 531 g/mol. The molecule has 38 heavy (non-hydrogen) atoms. The summed E-state index contributed by atoms with van der Waals surface area (Å²) in [6.45, 7) is 2.01. The van der Waals surface area contributed by atoms with Gasteiger partial charge in [-0.2, -0.15) is 5.10 Å². The molecular weight excluding hydrogens is 500 g/mol. The average Bonchev–Trinajstić information content (AvgIpc) is 3.34. The van der Waals surface area contributed by atoms with Crippen LogP contribution < -0.4 is 15.4 Å². The summed E-state index contributed by atoms with van der Waals surface area (Å²) in [4.78, 5) is 24.6. The smallest absolute Gasteiger partial charge is 0.230 e. The fourth-order valence-corrected chi connectivity index (χ4v) is 4.67. The molecule has 0 fully saturated rings. The van der Waals surface area contributed by atoms with Crippen LogP contribution >= 0.6 is 11.3 Å². The van der Waals surface area contributed by atoms with Crippen molar-refractivity contribution in [2.24, 2.45) is 0 Å². The Morgan fingerprint density at radius 3 is 2.29 bits per heavy atom. The second-order valence-corrected chi connectivity index (χ2v) is 9.97. The summed E-state index contributed by atoms with van der Waals surface area (Å²) in [6, 6.07) is 18.9. The van der Waals surface area contributed by atoms with Crippen LogP contribution in [0.5, 0.6) is 5.75 Å². The number of unbranched alkanes of at least 4 members (excludes halogenated alkanes) is 1. The molecule has 2 aromatic heterocycles. The molecule has 2 N–H and O–H groups in total. The van der Waals surface area contributed by atoms with Crippen LogP contribution in [0.15, 0.2) is 60.7 Å². The van der Waals surface area contributed by atoms with Crippen LogP contribution in [0.3, 0.4) is 0 Å². The van der Waals surface area contributed by atoms with Crippen LogP contribution in [0.1, 0.15) is 40.2 Å². The fourth-order valence-electron chi connectivity index (χ4n) is 3.87. The van der Waals surface area contributed by atoms with Crippen molar-refractivity contribution in [3.63, 3.8) is 0 Å². The monoisotopic (exact) mass is 530 g/mol. The van der Waals surface area contributed by atoms with E-state index in [1.165, 1.54) is 11.3 Å². The molecule has 0 aliphatic rings. The van der Waals surface area contributed by atoms with Crippen molar-refractivity contribution < 1.29 is 14.3 Å². The molecule has 196 valence electrons. The lowest BCUT2D eigenvalue weighted by Gasteiger charge is -2.06. The lowest BCUT2D eigenvalue weighted by Crippen LogP contribution is -2.15. The lowest BCUT2D eigenvalue weighted by molar-refractivity contribution is -0.116. The molecule has 0 aliphatic carbocycles. The van der Waals surface area contributed by atoms with Gasteiger partial charge < -0.3 is 15.4 Å². The maximum absolute atomic E-state index is 12.3. The van der Waals surface area contributed by atoms with Crippen molar-refractivity contribution in [2.45, 2.75) is 45.4 Å². The third-order valence-corrected chi connectivity index (χ3v) is 6.62. The molecule has 0 bridgehead atoms. The van der Waals surface area contributed by atoms with Gasteiger partial charge >= 0.3 is 0 Å². The number of nitrogens with one attached hydrogen (secondary N) is 2. The quantitative estimate of drug-likeness (QED) is 0.258. The molecular formula is C28H30N6O3S. The summed E-state index contributed by atoms with van der Waals surface area (Å²) in [5.74, 6) is 0.874. The number of ether oxygens (including phenoxy) is 1. The summed E-state index contributed by atoms with van der Waals surface area (Å²) >= 11 is 1.40. The zero-order chi connectivity index (χ0) is 26.7. The zero-order valence-corrected chi connectivity index (χ0v) is 22.3. The van der Waals surface area contributed by atoms with Crippen molar-refractivity contribution in [1.82, 2.24) is 20.4 Å². The molecule has 2 aromatic carbocycles. The number of aryl methyl sites for hydroxylation is 3. The van der Waals surface area contributed by atoms with Crippen molar-refractivity contribution in [1.29, 1.82) is 0 Å². The minimum atomic E-state index is -0.164. The standard InChI is InChI=1S/C28H30N6O3S/c1-19-7-5-8-20(15-19)17-26(36)30-28-34-33-27(38-28)12-4-3-10-22-13-14-24(32-31-22)29-25(35)18-21-9-6-11-23(16-21)37-2/h5-9,11,13-16H,3-4,10,12,17-18H2,1-2H3,(H,29,32,35)(H,30,34,36). The van der Waals surface area contributed by atoms with Gasteiger partial charge in [-0.15, -0.1) is 15.3 Å². The molecule has 4 aromatic rings. The number of anilines is 2. The van der Waals surface area contributed by atoms with Crippen molar-refractivity contribution in [3.8, 4) is 5.75 Å². The molecule has 10 heteroatoms. The van der Waals surface area contributed by atoms with Crippen LogP contribution in [0.25, 0.3) is 0 Å². The van der Waals surface area contributed by atoms with Crippen molar-refractivity contribution >= 4 is 34.1 Å². The van der Waals surface area contributed by atoms with E-state index in [1.807, 2.05) is 61.5 Å². The van der Waals surface area contributed by atoms with E-state index in [1.54, 1.807) is 13.2 Å². The van der Waals surface area contributed by atoms with Crippen LogP contribution in [0.4, 0.5) is 10.9 Å². The van der Waals surface area contributed by atoms with Gasteiger partial charge in [-0.3, -0.25) is 9.59 Å². The first kappa shape index (κ1) is 26.9. The Hall–Kier alpha value is -4.18. The number of carbonyl (C=O) groups excluding carboxylic acids is 2. The first-order valence-electron chi connectivity index (χ1n) is 12.4. The number of aromatic nitrogens is 4. The van der Waals surface area contributed by atoms with Crippen LogP contribution in [-0.4, -0.2) is 39.3 Å². The minimum absolute atomic E-state index is 0.100. The van der Waals surface area contributed by atoms with Gasteiger partial charge in [-0.05, 0) is 61.6 Å². The number of amides is 2.